The SMILES string of the molecule is O=C(O)C(Cc1ccccc1)NS(=O)(=O)c1ccc2[nH]c(=O)oc2c1. The predicted octanol–water partition coefficient (Wildman–Crippen LogP) is 1.10. The number of carboxylic acids is 1. The third-order valence-corrected chi connectivity index (χ3v) is 5.05. The third-order valence-electron chi connectivity index (χ3n) is 3.58. The molecule has 0 aliphatic carbocycles. The van der Waals surface area contributed by atoms with Gasteiger partial charge in [0.2, 0.25) is 10.0 Å². The van der Waals surface area contributed by atoms with E-state index in [1.807, 2.05) is 0 Å². The number of fused-ring (bicyclic) bond motifs is 1. The molecule has 1 unspecified atom stereocenters. The van der Waals surface area contributed by atoms with Gasteiger partial charge in [-0.25, -0.2) is 13.2 Å². The van der Waals surface area contributed by atoms with Crippen molar-refractivity contribution in [2.45, 2.75) is 17.4 Å². The molecule has 1 atom stereocenters. The summed E-state index contributed by atoms with van der Waals surface area (Å²) in [5.74, 6) is -1.99. The number of rotatable bonds is 6. The van der Waals surface area contributed by atoms with Gasteiger partial charge >= 0.3 is 11.7 Å². The minimum atomic E-state index is -4.11. The molecule has 8 nitrogen and oxygen atoms in total. The van der Waals surface area contributed by atoms with Gasteiger partial charge in [-0.3, -0.25) is 9.78 Å². The fraction of sp³-hybridized carbons (Fsp3) is 0.125. The zero-order valence-corrected chi connectivity index (χ0v) is 13.6. The van der Waals surface area contributed by atoms with E-state index < -0.39 is 27.8 Å². The molecular formula is C16H14N2O6S. The van der Waals surface area contributed by atoms with Crippen LogP contribution in [-0.2, 0) is 21.2 Å². The van der Waals surface area contributed by atoms with Gasteiger partial charge in [-0.1, -0.05) is 30.3 Å². The number of oxazole rings is 1. The second-order valence-electron chi connectivity index (χ2n) is 5.37. The number of aromatic amines is 1. The first-order valence-corrected chi connectivity index (χ1v) is 8.75. The maximum Gasteiger partial charge on any atom is 0.417 e. The highest BCUT2D eigenvalue weighted by Crippen LogP contribution is 2.17. The fourth-order valence-corrected chi connectivity index (χ4v) is 3.58. The average molecular weight is 362 g/mol. The topological polar surface area (TPSA) is 129 Å². The Hall–Kier alpha value is -2.91. The van der Waals surface area contributed by atoms with Gasteiger partial charge in [-0.15, -0.1) is 0 Å². The van der Waals surface area contributed by atoms with Crippen LogP contribution in [0.1, 0.15) is 5.56 Å². The summed E-state index contributed by atoms with van der Waals surface area (Å²) < 4.78 is 32.0. The van der Waals surface area contributed by atoms with E-state index in [1.165, 1.54) is 12.1 Å². The molecule has 0 radical (unpaired) electrons. The number of benzene rings is 2. The standard InChI is InChI=1S/C16H14N2O6S/c19-15(20)13(8-10-4-2-1-3-5-10)18-25(22,23)11-6-7-12-14(9-11)24-16(21)17-12/h1-7,9,13,18H,8H2,(H,17,21)(H,19,20). The lowest BCUT2D eigenvalue weighted by molar-refractivity contribution is -0.138. The molecule has 0 bridgehead atoms. The van der Waals surface area contributed by atoms with Crippen molar-refractivity contribution in [3.05, 3.63) is 64.6 Å². The highest BCUT2D eigenvalue weighted by molar-refractivity contribution is 7.89. The van der Waals surface area contributed by atoms with Gasteiger partial charge in [0.15, 0.2) is 5.58 Å². The summed E-state index contributed by atoms with van der Waals surface area (Å²) in [5.41, 5.74) is 1.11. The first-order valence-electron chi connectivity index (χ1n) is 7.27. The number of sulfonamides is 1. The van der Waals surface area contributed by atoms with E-state index in [2.05, 4.69) is 9.71 Å². The molecule has 3 N–H and O–H groups in total. The van der Waals surface area contributed by atoms with Crippen LogP contribution in [-0.4, -0.2) is 30.5 Å². The second-order valence-corrected chi connectivity index (χ2v) is 7.09. The van der Waals surface area contributed by atoms with E-state index in [-0.39, 0.29) is 16.9 Å². The molecule has 0 saturated heterocycles. The van der Waals surface area contributed by atoms with Crippen LogP contribution in [0.2, 0.25) is 0 Å². The molecule has 0 fully saturated rings. The third kappa shape index (κ3) is 3.78. The summed E-state index contributed by atoms with van der Waals surface area (Å²) in [5, 5.41) is 9.33. The molecule has 0 amide bonds. The Morgan fingerprint density at radius 3 is 2.60 bits per heavy atom. The van der Waals surface area contributed by atoms with Crippen LogP contribution in [0.25, 0.3) is 11.1 Å². The van der Waals surface area contributed by atoms with Crippen LogP contribution in [0.4, 0.5) is 0 Å². The molecule has 0 aliphatic heterocycles. The van der Waals surface area contributed by atoms with Gasteiger partial charge in [-0.2, -0.15) is 4.72 Å². The second kappa shape index (κ2) is 6.54. The highest BCUT2D eigenvalue weighted by Gasteiger charge is 2.26. The van der Waals surface area contributed by atoms with Gasteiger partial charge in [0.05, 0.1) is 10.4 Å². The number of hydrogen-bond donors (Lipinski definition) is 3. The molecule has 1 aromatic heterocycles. The molecule has 2 aromatic carbocycles. The van der Waals surface area contributed by atoms with Crippen molar-refractivity contribution in [3.8, 4) is 0 Å². The Bertz CT molecular complexity index is 1070. The van der Waals surface area contributed by atoms with Crippen LogP contribution in [0.5, 0.6) is 0 Å². The maximum absolute atomic E-state index is 12.5. The van der Waals surface area contributed by atoms with Crippen molar-refractivity contribution in [2.75, 3.05) is 0 Å². The molecular weight excluding hydrogens is 348 g/mol. The summed E-state index contributed by atoms with van der Waals surface area (Å²) in [6, 6.07) is 11.2. The Kier molecular flexibility index (Phi) is 4.43. The van der Waals surface area contributed by atoms with Crippen LogP contribution >= 0.6 is 0 Å². The summed E-state index contributed by atoms with van der Waals surface area (Å²) in [6.07, 6.45) is -0.00309. The smallest absolute Gasteiger partial charge is 0.417 e. The molecule has 130 valence electrons. The van der Waals surface area contributed by atoms with E-state index in [1.54, 1.807) is 30.3 Å². The van der Waals surface area contributed by atoms with E-state index in [9.17, 15) is 23.1 Å². The quantitative estimate of drug-likeness (QED) is 0.602. The molecule has 3 aromatic rings. The summed E-state index contributed by atoms with van der Waals surface area (Å²) >= 11 is 0. The Balaban J connectivity index is 1.88. The van der Waals surface area contributed by atoms with Crippen LogP contribution in [0.3, 0.4) is 0 Å². The number of carboxylic acid groups (broad SMARTS) is 1. The molecule has 25 heavy (non-hydrogen) atoms. The van der Waals surface area contributed by atoms with Crippen LogP contribution < -0.4 is 10.5 Å². The summed E-state index contributed by atoms with van der Waals surface area (Å²) in [7, 11) is -4.11. The van der Waals surface area contributed by atoms with Crippen LogP contribution in [0, 0.1) is 0 Å². The van der Waals surface area contributed by atoms with Crippen molar-refractivity contribution >= 4 is 27.1 Å². The minimum Gasteiger partial charge on any atom is -0.480 e. The number of H-pyrrole nitrogens is 1. The van der Waals surface area contributed by atoms with Crippen molar-refractivity contribution in [3.63, 3.8) is 0 Å². The van der Waals surface area contributed by atoms with Gasteiger partial charge in [-0.05, 0) is 24.1 Å². The average Bonchev–Trinajstić information content (AvgIpc) is 2.94. The zero-order chi connectivity index (χ0) is 18.0. The Morgan fingerprint density at radius 2 is 1.92 bits per heavy atom. The molecule has 3 rings (SSSR count). The largest absolute Gasteiger partial charge is 0.480 e. The molecule has 0 aliphatic rings. The minimum absolute atomic E-state index is 0.00309. The number of carbonyl (C=O) groups is 1. The van der Waals surface area contributed by atoms with Gasteiger partial charge in [0, 0.05) is 6.07 Å². The normalized spacial score (nSPS) is 13.0. The van der Waals surface area contributed by atoms with Crippen molar-refractivity contribution in [1.82, 2.24) is 9.71 Å². The highest BCUT2D eigenvalue weighted by atomic mass is 32.2. The van der Waals surface area contributed by atoms with E-state index in [0.717, 1.165) is 6.07 Å². The van der Waals surface area contributed by atoms with E-state index >= 15 is 0 Å². The van der Waals surface area contributed by atoms with E-state index in [4.69, 9.17) is 4.42 Å². The lowest BCUT2D eigenvalue weighted by atomic mass is 10.1. The summed E-state index contributed by atoms with van der Waals surface area (Å²) in [6.45, 7) is 0. The van der Waals surface area contributed by atoms with E-state index in [0.29, 0.717) is 11.1 Å². The number of hydrogen-bond acceptors (Lipinski definition) is 5. The van der Waals surface area contributed by atoms with Gasteiger partial charge in [0.1, 0.15) is 6.04 Å². The van der Waals surface area contributed by atoms with Gasteiger partial charge < -0.3 is 9.52 Å². The van der Waals surface area contributed by atoms with Crippen molar-refractivity contribution in [2.24, 2.45) is 0 Å². The molecule has 0 saturated carbocycles. The number of nitrogens with one attached hydrogen (secondary N) is 2. The summed E-state index contributed by atoms with van der Waals surface area (Å²) in [4.78, 5) is 24.8. The number of aliphatic carboxylic acids is 1. The zero-order valence-electron chi connectivity index (χ0n) is 12.8. The monoisotopic (exact) mass is 362 g/mol. The number of aromatic nitrogens is 1. The molecule has 1 heterocycles. The first-order chi connectivity index (χ1) is 11.8. The molecule has 0 spiro atoms. The Labute approximate surface area is 142 Å². The maximum atomic E-state index is 12.5. The van der Waals surface area contributed by atoms with Crippen molar-refractivity contribution in [1.29, 1.82) is 0 Å². The Morgan fingerprint density at radius 1 is 1.20 bits per heavy atom. The fourth-order valence-electron chi connectivity index (χ4n) is 2.38. The first kappa shape index (κ1) is 16.9. The lowest BCUT2D eigenvalue weighted by Crippen LogP contribution is -2.42. The predicted molar refractivity (Wildman–Crippen MR) is 88.7 cm³/mol. The lowest BCUT2D eigenvalue weighted by Gasteiger charge is -2.15. The van der Waals surface area contributed by atoms with Crippen LogP contribution in [0.15, 0.2) is 62.6 Å². The van der Waals surface area contributed by atoms with Gasteiger partial charge in [0.25, 0.3) is 0 Å². The molecule has 9 heteroatoms. The van der Waals surface area contributed by atoms with Crippen molar-refractivity contribution < 1.29 is 22.7 Å².